The third kappa shape index (κ3) is 4.71. The fourth-order valence-corrected chi connectivity index (χ4v) is 3.62. The minimum Gasteiger partial charge on any atom is -0.394 e. The summed E-state index contributed by atoms with van der Waals surface area (Å²) < 4.78 is 5.34. The minimum absolute atomic E-state index is 0.0801. The highest BCUT2D eigenvalue weighted by atomic mass is 16.5. The van der Waals surface area contributed by atoms with Crippen molar-refractivity contribution in [1.29, 1.82) is 0 Å². The van der Waals surface area contributed by atoms with Crippen molar-refractivity contribution in [1.82, 2.24) is 14.8 Å². The number of pyridine rings is 1. The first-order valence-corrected chi connectivity index (χ1v) is 9.33. The number of piperazine rings is 1. The number of nitrogens with zero attached hydrogens (tertiary/aromatic N) is 2. The molecule has 26 heavy (non-hydrogen) atoms. The van der Waals surface area contributed by atoms with Crippen molar-refractivity contribution in [2.75, 3.05) is 52.5 Å². The zero-order chi connectivity index (χ0) is 18.5. The molecule has 0 bridgehead atoms. The molecule has 2 aromatic rings. The molecule has 0 unspecified atom stereocenters. The Morgan fingerprint density at radius 3 is 2.54 bits per heavy atom. The highest BCUT2D eigenvalue weighted by Gasteiger charge is 2.17. The molecule has 1 fully saturated rings. The molecular weight excluding hydrogens is 330 g/mol. The predicted octanol–water partition coefficient (Wildman–Crippen LogP) is 1.27. The number of hydrogen-bond donors (Lipinski definition) is 2. The summed E-state index contributed by atoms with van der Waals surface area (Å²) in [7, 11) is 0. The van der Waals surface area contributed by atoms with Gasteiger partial charge >= 0.3 is 0 Å². The summed E-state index contributed by atoms with van der Waals surface area (Å²) >= 11 is 0. The molecular formula is C20H29N3O3. The van der Waals surface area contributed by atoms with Gasteiger partial charge in [-0.1, -0.05) is 6.07 Å². The van der Waals surface area contributed by atoms with Crippen LogP contribution in [-0.4, -0.2) is 72.4 Å². The number of hydrogen-bond acceptors (Lipinski definition) is 5. The Morgan fingerprint density at radius 1 is 1.08 bits per heavy atom. The molecule has 0 aliphatic carbocycles. The number of aromatic amines is 1. The maximum atomic E-state index is 12.5. The van der Waals surface area contributed by atoms with E-state index in [0.29, 0.717) is 13.2 Å². The predicted molar refractivity (Wildman–Crippen MR) is 104 cm³/mol. The number of fused-ring (bicyclic) bond motifs is 1. The second-order valence-electron chi connectivity index (χ2n) is 7.12. The van der Waals surface area contributed by atoms with Crippen LogP contribution < -0.4 is 5.43 Å². The quantitative estimate of drug-likeness (QED) is 0.729. The summed E-state index contributed by atoms with van der Waals surface area (Å²) in [6.07, 6.45) is 0. The van der Waals surface area contributed by atoms with Crippen LogP contribution in [-0.2, 0) is 11.3 Å². The van der Waals surface area contributed by atoms with E-state index in [1.165, 1.54) is 0 Å². The molecule has 6 heteroatoms. The second-order valence-corrected chi connectivity index (χ2v) is 7.12. The Balaban J connectivity index is 1.59. The molecule has 0 spiro atoms. The van der Waals surface area contributed by atoms with Gasteiger partial charge in [0.1, 0.15) is 0 Å². The SMILES string of the molecule is Cc1cc(C)c2[nH]c(CN3CCN(CCOCCO)CC3)cc(=O)c2c1. The summed E-state index contributed by atoms with van der Waals surface area (Å²) in [5.41, 5.74) is 4.27. The van der Waals surface area contributed by atoms with Gasteiger partial charge in [-0.2, -0.15) is 0 Å². The van der Waals surface area contributed by atoms with Crippen LogP contribution in [0, 0.1) is 13.8 Å². The molecule has 6 nitrogen and oxygen atoms in total. The fraction of sp³-hybridized carbons (Fsp3) is 0.550. The highest BCUT2D eigenvalue weighted by Crippen LogP contribution is 2.17. The lowest BCUT2D eigenvalue weighted by Gasteiger charge is -2.34. The average molecular weight is 359 g/mol. The van der Waals surface area contributed by atoms with Gasteiger partial charge in [0.2, 0.25) is 0 Å². The average Bonchev–Trinajstić information content (AvgIpc) is 2.61. The van der Waals surface area contributed by atoms with Gasteiger partial charge in [0.15, 0.2) is 5.43 Å². The van der Waals surface area contributed by atoms with Crippen LogP contribution in [0.15, 0.2) is 23.0 Å². The molecule has 1 aromatic heterocycles. The largest absolute Gasteiger partial charge is 0.394 e. The van der Waals surface area contributed by atoms with Crippen LogP contribution in [0.1, 0.15) is 16.8 Å². The number of ether oxygens (including phenoxy) is 1. The maximum absolute atomic E-state index is 12.5. The van der Waals surface area contributed by atoms with Gasteiger partial charge in [0, 0.05) is 56.4 Å². The molecule has 1 saturated heterocycles. The summed E-state index contributed by atoms with van der Waals surface area (Å²) in [4.78, 5) is 20.7. The van der Waals surface area contributed by atoms with Crippen LogP contribution in [0.25, 0.3) is 10.9 Å². The van der Waals surface area contributed by atoms with E-state index in [-0.39, 0.29) is 12.0 Å². The Kier molecular flexibility index (Phi) is 6.43. The Bertz CT molecular complexity index is 795. The standard InChI is InChI=1S/C20H29N3O3/c1-15-11-16(2)20-18(12-15)19(25)13-17(21-20)14-23-5-3-22(4-6-23)7-9-26-10-8-24/h11-13,24H,3-10,14H2,1-2H3,(H,21,25). The van der Waals surface area contributed by atoms with Gasteiger partial charge < -0.3 is 14.8 Å². The lowest BCUT2D eigenvalue weighted by atomic mass is 10.1. The summed E-state index contributed by atoms with van der Waals surface area (Å²) in [6.45, 7) is 10.9. The van der Waals surface area contributed by atoms with Crippen molar-refractivity contribution >= 4 is 10.9 Å². The van der Waals surface area contributed by atoms with Gasteiger partial charge in [-0.3, -0.25) is 14.6 Å². The molecule has 0 atom stereocenters. The van der Waals surface area contributed by atoms with Crippen molar-refractivity contribution in [2.45, 2.75) is 20.4 Å². The number of rotatable bonds is 7. The summed E-state index contributed by atoms with van der Waals surface area (Å²) in [5.74, 6) is 0. The third-order valence-corrected chi connectivity index (χ3v) is 4.98. The van der Waals surface area contributed by atoms with E-state index in [1.807, 2.05) is 19.9 Å². The van der Waals surface area contributed by atoms with E-state index >= 15 is 0 Å². The lowest BCUT2D eigenvalue weighted by Crippen LogP contribution is -2.47. The van der Waals surface area contributed by atoms with E-state index in [0.717, 1.165) is 67.0 Å². The molecule has 1 aliphatic rings. The van der Waals surface area contributed by atoms with E-state index in [1.54, 1.807) is 6.07 Å². The van der Waals surface area contributed by atoms with E-state index in [9.17, 15) is 4.79 Å². The van der Waals surface area contributed by atoms with Crippen LogP contribution in [0.3, 0.4) is 0 Å². The number of aryl methyl sites for hydroxylation is 2. The molecule has 1 aliphatic heterocycles. The fourth-order valence-electron chi connectivity index (χ4n) is 3.62. The minimum atomic E-state index is 0.0801. The zero-order valence-corrected chi connectivity index (χ0v) is 15.8. The van der Waals surface area contributed by atoms with Gasteiger partial charge in [-0.05, 0) is 31.0 Å². The molecule has 3 rings (SSSR count). The number of nitrogens with one attached hydrogen (secondary N) is 1. The molecule has 142 valence electrons. The van der Waals surface area contributed by atoms with Gasteiger partial charge in [-0.25, -0.2) is 0 Å². The first kappa shape index (κ1) is 19.0. The topological polar surface area (TPSA) is 68.8 Å². The van der Waals surface area contributed by atoms with Gasteiger partial charge in [0.05, 0.1) is 25.3 Å². The first-order valence-electron chi connectivity index (χ1n) is 9.33. The van der Waals surface area contributed by atoms with Crippen molar-refractivity contribution in [2.24, 2.45) is 0 Å². The zero-order valence-electron chi connectivity index (χ0n) is 15.8. The van der Waals surface area contributed by atoms with E-state index in [2.05, 4.69) is 20.9 Å². The number of benzene rings is 1. The number of aliphatic hydroxyl groups excluding tert-OH is 1. The molecule has 2 N–H and O–H groups in total. The normalized spacial score (nSPS) is 16.4. The summed E-state index contributed by atoms with van der Waals surface area (Å²) in [6, 6.07) is 5.82. The van der Waals surface area contributed by atoms with Crippen molar-refractivity contribution in [3.63, 3.8) is 0 Å². The maximum Gasteiger partial charge on any atom is 0.189 e. The molecule has 0 radical (unpaired) electrons. The molecule has 2 heterocycles. The number of aliphatic hydroxyl groups is 1. The van der Waals surface area contributed by atoms with Crippen molar-refractivity contribution in [3.8, 4) is 0 Å². The van der Waals surface area contributed by atoms with E-state index < -0.39 is 0 Å². The van der Waals surface area contributed by atoms with Crippen LogP contribution >= 0.6 is 0 Å². The lowest BCUT2D eigenvalue weighted by molar-refractivity contribution is 0.0562. The second kappa shape index (κ2) is 8.77. The Hall–Kier alpha value is -1.73. The van der Waals surface area contributed by atoms with Crippen molar-refractivity contribution in [3.05, 3.63) is 45.2 Å². The Morgan fingerprint density at radius 2 is 1.81 bits per heavy atom. The van der Waals surface area contributed by atoms with Gasteiger partial charge in [-0.15, -0.1) is 0 Å². The summed E-state index contributed by atoms with van der Waals surface area (Å²) in [5, 5.41) is 9.50. The molecule has 0 amide bonds. The van der Waals surface area contributed by atoms with E-state index in [4.69, 9.17) is 9.84 Å². The Labute approximate surface area is 154 Å². The van der Waals surface area contributed by atoms with Crippen molar-refractivity contribution < 1.29 is 9.84 Å². The number of H-pyrrole nitrogens is 1. The third-order valence-electron chi connectivity index (χ3n) is 4.98. The smallest absolute Gasteiger partial charge is 0.189 e. The molecule has 1 aromatic carbocycles. The van der Waals surface area contributed by atoms with Gasteiger partial charge in [0.25, 0.3) is 0 Å². The first-order chi connectivity index (χ1) is 12.6. The van der Waals surface area contributed by atoms with Crippen LogP contribution in [0.4, 0.5) is 0 Å². The van der Waals surface area contributed by atoms with Crippen LogP contribution in [0.2, 0.25) is 0 Å². The van der Waals surface area contributed by atoms with Crippen LogP contribution in [0.5, 0.6) is 0 Å². The number of aromatic nitrogens is 1. The monoisotopic (exact) mass is 359 g/mol. The molecule has 0 saturated carbocycles. The highest BCUT2D eigenvalue weighted by molar-refractivity contribution is 5.82.